The van der Waals surface area contributed by atoms with E-state index < -0.39 is 0 Å². The van der Waals surface area contributed by atoms with E-state index >= 15 is 0 Å². The molecule has 0 amide bonds. The lowest BCUT2D eigenvalue weighted by molar-refractivity contribution is 0.302. The van der Waals surface area contributed by atoms with Gasteiger partial charge in [0.05, 0.1) is 18.7 Å². The summed E-state index contributed by atoms with van der Waals surface area (Å²) in [5.74, 6) is 1.11. The number of nitrogens with zero attached hydrogens (tertiary/aromatic N) is 3. The molecule has 0 spiro atoms. The van der Waals surface area contributed by atoms with Gasteiger partial charge in [0.25, 0.3) is 0 Å². The molecule has 18 heavy (non-hydrogen) atoms. The van der Waals surface area contributed by atoms with Gasteiger partial charge in [-0.3, -0.25) is 0 Å². The molecule has 0 unspecified atom stereocenters. The highest BCUT2D eigenvalue weighted by Crippen LogP contribution is 2.23. The van der Waals surface area contributed by atoms with Crippen molar-refractivity contribution in [1.29, 1.82) is 5.26 Å². The Bertz CT molecular complexity index is 591. The monoisotopic (exact) mass is 262 g/mol. The number of methoxy groups -OCH3 is 1. The van der Waals surface area contributed by atoms with Crippen molar-refractivity contribution in [3.63, 3.8) is 0 Å². The first-order chi connectivity index (χ1) is 8.71. The van der Waals surface area contributed by atoms with Crippen LogP contribution in [0.4, 0.5) is 5.13 Å². The third kappa shape index (κ3) is 2.87. The molecule has 2 aromatic rings. The third-order valence-corrected chi connectivity index (χ3v) is 2.82. The molecule has 0 fully saturated rings. The lowest BCUT2D eigenvalue weighted by atomic mass is 10.2. The fourth-order valence-electron chi connectivity index (χ4n) is 1.31. The Morgan fingerprint density at radius 1 is 1.33 bits per heavy atom. The number of nitrogens with two attached hydrogens (primary N) is 1. The van der Waals surface area contributed by atoms with Crippen LogP contribution in [0.2, 0.25) is 0 Å². The molecule has 92 valence electrons. The topological polar surface area (TPSA) is 94.0 Å². The van der Waals surface area contributed by atoms with Gasteiger partial charge in [0.15, 0.2) is 5.01 Å². The number of hydrogen-bond donors (Lipinski definition) is 1. The minimum Gasteiger partial charge on any atom is -0.497 e. The molecule has 0 aliphatic rings. The average Bonchev–Trinajstić information content (AvgIpc) is 2.81. The summed E-state index contributed by atoms with van der Waals surface area (Å²) in [6.45, 7) is 0.257. The number of benzene rings is 1. The van der Waals surface area contributed by atoms with Crippen LogP contribution in [-0.4, -0.2) is 17.3 Å². The molecule has 0 bridgehead atoms. The van der Waals surface area contributed by atoms with Crippen molar-refractivity contribution >= 4 is 16.5 Å². The van der Waals surface area contributed by atoms with E-state index in [0.717, 1.165) is 0 Å². The van der Waals surface area contributed by atoms with Crippen LogP contribution in [-0.2, 0) is 6.61 Å². The maximum atomic E-state index is 8.87. The second-order valence-corrected chi connectivity index (χ2v) is 4.43. The summed E-state index contributed by atoms with van der Waals surface area (Å²) in [6.07, 6.45) is 0. The fraction of sp³-hybridized carbons (Fsp3) is 0.182. The number of hydrogen-bond acceptors (Lipinski definition) is 7. The molecule has 6 nitrogen and oxygen atoms in total. The van der Waals surface area contributed by atoms with Gasteiger partial charge in [0.2, 0.25) is 5.13 Å². The van der Waals surface area contributed by atoms with Crippen LogP contribution in [0.5, 0.6) is 11.5 Å². The van der Waals surface area contributed by atoms with Crippen molar-refractivity contribution < 1.29 is 9.47 Å². The zero-order valence-electron chi connectivity index (χ0n) is 9.58. The molecular weight excluding hydrogens is 252 g/mol. The fourth-order valence-corrected chi connectivity index (χ4v) is 1.83. The molecule has 0 aliphatic carbocycles. The Morgan fingerprint density at radius 2 is 2.11 bits per heavy atom. The zero-order chi connectivity index (χ0) is 13.0. The summed E-state index contributed by atoms with van der Waals surface area (Å²) in [5.41, 5.74) is 5.94. The number of ether oxygens (including phenoxy) is 2. The van der Waals surface area contributed by atoms with Crippen molar-refractivity contribution in [3.8, 4) is 17.6 Å². The second kappa shape index (κ2) is 5.33. The largest absolute Gasteiger partial charge is 0.497 e. The molecule has 1 aromatic carbocycles. The van der Waals surface area contributed by atoms with Gasteiger partial charge in [-0.2, -0.15) is 5.26 Å². The number of nitrogen functional groups attached to an aromatic ring is 1. The first-order valence-electron chi connectivity index (χ1n) is 5.01. The first kappa shape index (κ1) is 12.1. The second-order valence-electron chi connectivity index (χ2n) is 3.33. The molecule has 0 aliphatic heterocycles. The summed E-state index contributed by atoms with van der Waals surface area (Å²) >= 11 is 1.26. The van der Waals surface area contributed by atoms with Gasteiger partial charge in [0, 0.05) is 6.07 Å². The molecule has 7 heteroatoms. The SMILES string of the molecule is COc1cc(C#N)cc(OCc2nnc(N)s2)c1. The smallest absolute Gasteiger partial charge is 0.203 e. The highest BCUT2D eigenvalue weighted by molar-refractivity contribution is 7.15. The van der Waals surface area contributed by atoms with Gasteiger partial charge in [-0.05, 0) is 12.1 Å². The quantitative estimate of drug-likeness (QED) is 0.899. The number of rotatable bonds is 4. The van der Waals surface area contributed by atoms with Crippen LogP contribution in [0.1, 0.15) is 10.6 Å². The van der Waals surface area contributed by atoms with E-state index in [4.69, 9.17) is 20.5 Å². The molecule has 0 radical (unpaired) electrons. The predicted octanol–water partition coefficient (Wildman–Crippen LogP) is 1.58. The molecule has 1 aromatic heterocycles. The Hall–Kier alpha value is -2.33. The normalized spacial score (nSPS) is 9.78. The minimum atomic E-state index is 0.257. The Balaban J connectivity index is 2.11. The van der Waals surface area contributed by atoms with E-state index in [0.29, 0.717) is 27.2 Å². The van der Waals surface area contributed by atoms with E-state index in [1.807, 2.05) is 6.07 Å². The van der Waals surface area contributed by atoms with E-state index in [2.05, 4.69) is 10.2 Å². The standard InChI is InChI=1S/C11H10N4O2S/c1-16-8-2-7(5-12)3-9(4-8)17-6-10-14-15-11(13)18-10/h2-4H,6H2,1H3,(H2,13,15). The van der Waals surface area contributed by atoms with Gasteiger partial charge in [-0.1, -0.05) is 11.3 Å². The summed E-state index contributed by atoms with van der Waals surface area (Å²) in [6, 6.07) is 7.01. The number of aromatic nitrogens is 2. The van der Waals surface area contributed by atoms with Crippen LogP contribution >= 0.6 is 11.3 Å². The summed E-state index contributed by atoms with van der Waals surface area (Å²) in [5, 5.41) is 17.5. The first-order valence-corrected chi connectivity index (χ1v) is 5.83. The van der Waals surface area contributed by atoms with Crippen molar-refractivity contribution in [1.82, 2.24) is 10.2 Å². The molecule has 2 rings (SSSR count). The van der Waals surface area contributed by atoms with Crippen LogP contribution in [0.15, 0.2) is 18.2 Å². The van der Waals surface area contributed by atoms with Crippen LogP contribution in [0.3, 0.4) is 0 Å². The maximum Gasteiger partial charge on any atom is 0.203 e. The Kier molecular flexibility index (Phi) is 3.60. The lowest BCUT2D eigenvalue weighted by Gasteiger charge is -2.06. The number of nitriles is 1. The molecule has 0 saturated carbocycles. The van der Waals surface area contributed by atoms with Crippen molar-refractivity contribution in [2.24, 2.45) is 0 Å². The van der Waals surface area contributed by atoms with E-state index in [1.165, 1.54) is 18.4 Å². The van der Waals surface area contributed by atoms with Crippen molar-refractivity contribution in [3.05, 3.63) is 28.8 Å². The Labute approximate surface area is 108 Å². The van der Waals surface area contributed by atoms with E-state index in [1.54, 1.807) is 18.2 Å². The number of anilines is 1. The highest BCUT2D eigenvalue weighted by atomic mass is 32.1. The van der Waals surface area contributed by atoms with Gasteiger partial charge in [-0.25, -0.2) is 0 Å². The van der Waals surface area contributed by atoms with E-state index in [-0.39, 0.29) is 6.61 Å². The summed E-state index contributed by atoms with van der Waals surface area (Å²) in [4.78, 5) is 0. The van der Waals surface area contributed by atoms with Gasteiger partial charge >= 0.3 is 0 Å². The molecular formula is C11H10N4O2S. The van der Waals surface area contributed by atoms with Gasteiger partial charge in [-0.15, -0.1) is 10.2 Å². The molecule has 2 N–H and O–H groups in total. The van der Waals surface area contributed by atoms with Gasteiger partial charge in [0.1, 0.15) is 18.1 Å². The lowest BCUT2D eigenvalue weighted by Crippen LogP contribution is -1.96. The zero-order valence-corrected chi connectivity index (χ0v) is 10.4. The van der Waals surface area contributed by atoms with Gasteiger partial charge < -0.3 is 15.2 Å². The minimum absolute atomic E-state index is 0.257. The summed E-state index contributed by atoms with van der Waals surface area (Å²) in [7, 11) is 1.53. The van der Waals surface area contributed by atoms with Crippen molar-refractivity contribution in [2.45, 2.75) is 6.61 Å². The summed E-state index contributed by atoms with van der Waals surface area (Å²) < 4.78 is 10.6. The molecule has 0 saturated heterocycles. The van der Waals surface area contributed by atoms with E-state index in [9.17, 15) is 0 Å². The average molecular weight is 262 g/mol. The Morgan fingerprint density at radius 3 is 2.72 bits per heavy atom. The highest BCUT2D eigenvalue weighted by Gasteiger charge is 2.05. The molecule has 0 atom stereocenters. The van der Waals surface area contributed by atoms with Crippen molar-refractivity contribution in [2.75, 3.05) is 12.8 Å². The predicted molar refractivity (Wildman–Crippen MR) is 66.4 cm³/mol. The van der Waals surface area contributed by atoms with Crippen LogP contribution in [0, 0.1) is 11.3 Å². The van der Waals surface area contributed by atoms with Crippen LogP contribution < -0.4 is 15.2 Å². The third-order valence-electron chi connectivity index (χ3n) is 2.09. The molecule has 1 heterocycles. The maximum absolute atomic E-state index is 8.87. The van der Waals surface area contributed by atoms with Crippen LogP contribution in [0.25, 0.3) is 0 Å².